The third-order valence-corrected chi connectivity index (χ3v) is 3.62. The first kappa shape index (κ1) is 15.9. The molecule has 3 N–H and O–H groups in total. The van der Waals surface area contributed by atoms with Gasteiger partial charge in [0.1, 0.15) is 13.1 Å². The van der Waals surface area contributed by atoms with Crippen LogP contribution in [-0.4, -0.2) is 50.7 Å². The summed E-state index contributed by atoms with van der Waals surface area (Å²) in [4.78, 5) is 1.56. The van der Waals surface area contributed by atoms with Gasteiger partial charge in [-0.05, 0) is 24.7 Å². The van der Waals surface area contributed by atoms with Crippen LogP contribution in [0, 0.1) is 6.92 Å². The summed E-state index contributed by atoms with van der Waals surface area (Å²) in [6.07, 6.45) is 1.77. The maximum atomic E-state index is 5.33. The second-order valence-electron chi connectivity index (χ2n) is 5.15. The zero-order valence-electron chi connectivity index (χ0n) is 12.4. The first-order valence-electron chi connectivity index (χ1n) is 7.29. The molecule has 1 heterocycles. The van der Waals surface area contributed by atoms with Crippen molar-refractivity contribution in [1.29, 1.82) is 0 Å². The summed E-state index contributed by atoms with van der Waals surface area (Å²) in [7, 11) is 0. The van der Waals surface area contributed by atoms with Crippen LogP contribution in [0.15, 0.2) is 29.4 Å². The molecule has 0 bridgehead atoms. The van der Waals surface area contributed by atoms with E-state index < -0.39 is 0 Å². The smallest absolute Gasteiger partial charge is 0.187 e. The Balaban J connectivity index is 1.63. The lowest BCUT2D eigenvalue weighted by Crippen LogP contribution is -3.14. The molecule has 0 saturated carbocycles. The minimum atomic E-state index is 0.562. The number of ether oxygens (including phenoxy) is 1. The van der Waals surface area contributed by atoms with E-state index in [1.807, 2.05) is 12.1 Å². The number of rotatable bonds is 5. The van der Waals surface area contributed by atoms with Crippen LogP contribution in [0.1, 0.15) is 11.1 Å². The molecule has 1 saturated heterocycles. The Morgan fingerprint density at radius 2 is 2.24 bits per heavy atom. The van der Waals surface area contributed by atoms with Crippen molar-refractivity contribution in [3.63, 3.8) is 0 Å². The zero-order valence-corrected chi connectivity index (χ0v) is 13.2. The van der Waals surface area contributed by atoms with Gasteiger partial charge in [-0.15, -0.1) is 0 Å². The van der Waals surface area contributed by atoms with Gasteiger partial charge in [0, 0.05) is 0 Å². The average Bonchev–Trinajstić information content (AvgIpc) is 2.48. The number of hydrazone groups is 1. The molecule has 0 atom stereocenters. The Morgan fingerprint density at radius 3 is 3.00 bits per heavy atom. The van der Waals surface area contributed by atoms with E-state index in [2.05, 4.69) is 34.9 Å². The van der Waals surface area contributed by atoms with Crippen molar-refractivity contribution in [2.45, 2.75) is 6.92 Å². The highest BCUT2D eigenvalue weighted by Gasteiger charge is 2.12. The summed E-state index contributed by atoms with van der Waals surface area (Å²) in [6, 6.07) is 8.16. The van der Waals surface area contributed by atoms with Crippen molar-refractivity contribution in [3.8, 4) is 0 Å². The van der Waals surface area contributed by atoms with Crippen molar-refractivity contribution in [2.24, 2.45) is 5.10 Å². The fraction of sp³-hybridized carbons (Fsp3) is 0.467. The summed E-state index contributed by atoms with van der Waals surface area (Å²) in [6.45, 7) is 7.83. The van der Waals surface area contributed by atoms with Gasteiger partial charge in [-0.25, -0.2) is 0 Å². The van der Waals surface area contributed by atoms with Gasteiger partial charge in [0.05, 0.1) is 32.5 Å². The molecule has 1 aromatic rings. The van der Waals surface area contributed by atoms with Gasteiger partial charge < -0.3 is 15.0 Å². The van der Waals surface area contributed by atoms with E-state index in [9.17, 15) is 0 Å². The average molecular weight is 307 g/mol. The van der Waals surface area contributed by atoms with Crippen LogP contribution in [0.5, 0.6) is 0 Å². The molecule has 6 heteroatoms. The lowest BCUT2D eigenvalue weighted by atomic mass is 10.2. The van der Waals surface area contributed by atoms with Gasteiger partial charge in [0.25, 0.3) is 0 Å². The number of hydrogen-bond acceptors (Lipinski definition) is 3. The molecule has 1 aliphatic heterocycles. The molecular weight excluding hydrogens is 284 g/mol. The predicted molar refractivity (Wildman–Crippen MR) is 88.9 cm³/mol. The fourth-order valence-electron chi connectivity index (χ4n) is 2.22. The van der Waals surface area contributed by atoms with E-state index in [0.717, 1.165) is 45.0 Å². The molecule has 1 fully saturated rings. The number of morpholine rings is 1. The number of quaternary nitrogens is 1. The molecular formula is C15H23N4OS+. The van der Waals surface area contributed by atoms with Crippen LogP contribution in [0.3, 0.4) is 0 Å². The molecule has 5 nitrogen and oxygen atoms in total. The Hall–Kier alpha value is -1.50. The number of hydrogen-bond donors (Lipinski definition) is 3. The van der Waals surface area contributed by atoms with Gasteiger partial charge in [0.15, 0.2) is 5.11 Å². The van der Waals surface area contributed by atoms with Gasteiger partial charge in [-0.1, -0.05) is 29.8 Å². The van der Waals surface area contributed by atoms with E-state index >= 15 is 0 Å². The van der Waals surface area contributed by atoms with E-state index in [1.165, 1.54) is 5.56 Å². The van der Waals surface area contributed by atoms with Gasteiger partial charge in [-0.3, -0.25) is 5.43 Å². The van der Waals surface area contributed by atoms with Crippen LogP contribution in [-0.2, 0) is 4.74 Å². The molecule has 0 aromatic heterocycles. The molecule has 0 aliphatic carbocycles. The zero-order chi connectivity index (χ0) is 14.9. The Labute approximate surface area is 131 Å². The SMILES string of the molecule is Cc1cccc(/C=N\NC(=S)NCC[NH+]2CCOCC2)c1. The second kappa shape index (κ2) is 8.71. The van der Waals surface area contributed by atoms with Gasteiger partial charge in [-0.2, -0.15) is 5.10 Å². The largest absolute Gasteiger partial charge is 0.370 e. The topological polar surface area (TPSA) is 50.1 Å². The molecule has 0 unspecified atom stereocenters. The molecule has 0 radical (unpaired) electrons. The number of nitrogens with one attached hydrogen (secondary N) is 3. The number of thiocarbonyl (C=S) groups is 1. The summed E-state index contributed by atoms with van der Waals surface area (Å²) >= 11 is 5.19. The van der Waals surface area contributed by atoms with Crippen molar-refractivity contribution in [3.05, 3.63) is 35.4 Å². The van der Waals surface area contributed by atoms with Crippen molar-refractivity contribution < 1.29 is 9.64 Å². The first-order valence-corrected chi connectivity index (χ1v) is 7.70. The third kappa shape index (κ3) is 6.20. The van der Waals surface area contributed by atoms with E-state index in [-0.39, 0.29) is 0 Å². The summed E-state index contributed by atoms with van der Waals surface area (Å²) in [5.74, 6) is 0. The monoisotopic (exact) mass is 307 g/mol. The molecule has 1 aliphatic rings. The quantitative estimate of drug-likeness (QED) is 0.397. The molecule has 21 heavy (non-hydrogen) atoms. The highest BCUT2D eigenvalue weighted by Crippen LogP contribution is 2.00. The number of aryl methyl sites for hydroxylation is 1. The lowest BCUT2D eigenvalue weighted by Gasteiger charge is -2.23. The first-order chi connectivity index (χ1) is 10.2. The van der Waals surface area contributed by atoms with E-state index in [1.54, 1.807) is 11.1 Å². The lowest BCUT2D eigenvalue weighted by molar-refractivity contribution is -0.906. The van der Waals surface area contributed by atoms with E-state index in [0.29, 0.717) is 5.11 Å². The third-order valence-electron chi connectivity index (χ3n) is 3.39. The Bertz CT molecular complexity index is 486. The highest BCUT2D eigenvalue weighted by molar-refractivity contribution is 7.80. The van der Waals surface area contributed by atoms with Crippen LogP contribution in [0.25, 0.3) is 0 Å². The summed E-state index contributed by atoms with van der Waals surface area (Å²) in [5, 5.41) is 7.88. The Morgan fingerprint density at radius 1 is 1.43 bits per heavy atom. The molecule has 114 valence electrons. The Kier molecular flexibility index (Phi) is 6.59. The maximum absolute atomic E-state index is 5.33. The molecule has 1 aromatic carbocycles. The predicted octanol–water partition coefficient (Wildman–Crippen LogP) is -0.292. The van der Waals surface area contributed by atoms with E-state index in [4.69, 9.17) is 17.0 Å². The van der Waals surface area contributed by atoms with Crippen molar-refractivity contribution >= 4 is 23.5 Å². The molecule has 0 amide bonds. The standard InChI is InChI=1S/C15H22N4OS/c1-13-3-2-4-14(11-13)12-17-18-15(21)16-5-6-19-7-9-20-10-8-19/h2-4,11-12H,5-10H2,1H3,(H2,16,18,21)/p+1/b17-12-. The number of benzene rings is 1. The normalized spacial score (nSPS) is 16.0. The van der Waals surface area contributed by atoms with Crippen molar-refractivity contribution in [1.82, 2.24) is 10.7 Å². The van der Waals surface area contributed by atoms with Gasteiger partial charge in [0.2, 0.25) is 0 Å². The summed E-state index contributed by atoms with van der Waals surface area (Å²) < 4.78 is 5.33. The minimum Gasteiger partial charge on any atom is -0.370 e. The highest BCUT2D eigenvalue weighted by atomic mass is 32.1. The fourth-order valence-corrected chi connectivity index (χ4v) is 2.37. The maximum Gasteiger partial charge on any atom is 0.187 e. The van der Waals surface area contributed by atoms with Crippen molar-refractivity contribution in [2.75, 3.05) is 39.4 Å². The second-order valence-corrected chi connectivity index (χ2v) is 5.56. The van der Waals surface area contributed by atoms with Crippen LogP contribution < -0.4 is 15.6 Å². The van der Waals surface area contributed by atoms with Gasteiger partial charge >= 0.3 is 0 Å². The number of nitrogens with zero attached hydrogens (tertiary/aromatic N) is 1. The summed E-state index contributed by atoms with van der Waals surface area (Å²) in [5.41, 5.74) is 5.12. The molecule has 2 rings (SSSR count). The van der Waals surface area contributed by atoms with Crippen LogP contribution in [0.2, 0.25) is 0 Å². The van der Waals surface area contributed by atoms with Crippen LogP contribution >= 0.6 is 12.2 Å². The minimum absolute atomic E-state index is 0.562. The molecule has 0 spiro atoms. The van der Waals surface area contributed by atoms with Crippen LogP contribution in [0.4, 0.5) is 0 Å².